The second kappa shape index (κ2) is 9.28. The van der Waals surface area contributed by atoms with Gasteiger partial charge in [-0.1, -0.05) is 49.3 Å². The molecule has 29 heavy (non-hydrogen) atoms. The van der Waals surface area contributed by atoms with Crippen LogP contribution in [0, 0.1) is 6.92 Å². The summed E-state index contributed by atoms with van der Waals surface area (Å²) in [7, 11) is 4.44. The van der Waals surface area contributed by atoms with Gasteiger partial charge in [-0.3, -0.25) is 0 Å². The zero-order valence-corrected chi connectivity index (χ0v) is 19.3. The number of aromatic nitrogens is 2. The highest BCUT2D eigenvalue weighted by atomic mass is 31.1. The Balaban J connectivity index is 1.59. The molecule has 1 aliphatic heterocycles. The van der Waals surface area contributed by atoms with E-state index >= 15 is 0 Å². The Morgan fingerprint density at radius 2 is 2.07 bits per heavy atom. The number of rotatable bonds is 9. The normalized spacial score (nSPS) is 16.5. The van der Waals surface area contributed by atoms with Crippen LogP contribution in [-0.2, 0) is 13.0 Å². The topological polar surface area (TPSA) is 45.1 Å². The third kappa shape index (κ3) is 5.38. The van der Waals surface area contributed by atoms with E-state index in [0.29, 0.717) is 5.70 Å². The fraction of sp³-hybridized carbons (Fsp3) is 0.381. The Labute approximate surface area is 177 Å². The molecular weight excluding hydrogens is 403 g/mol. The van der Waals surface area contributed by atoms with Gasteiger partial charge >= 0.3 is 0 Å². The molecule has 3 unspecified atom stereocenters. The van der Waals surface area contributed by atoms with Crippen LogP contribution in [0.4, 0.5) is 10.2 Å². The highest BCUT2D eigenvalue weighted by Gasteiger charge is 2.33. The lowest BCUT2D eigenvalue weighted by atomic mass is 10.1. The van der Waals surface area contributed by atoms with Crippen molar-refractivity contribution in [1.29, 1.82) is 0 Å². The molecule has 1 aliphatic rings. The van der Waals surface area contributed by atoms with Crippen LogP contribution in [0.2, 0.25) is 0 Å². The highest BCUT2D eigenvalue weighted by molar-refractivity contribution is 7.40. The van der Waals surface area contributed by atoms with Gasteiger partial charge in [-0.15, -0.1) is 0 Å². The van der Waals surface area contributed by atoms with Gasteiger partial charge in [0.15, 0.2) is 5.15 Å². The maximum atomic E-state index is 14.3. The summed E-state index contributed by atoms with van der Waals surface area (Å²) in [6.45, 7) is 9.42. The first-order valence-corrected chi connectivity index (χ1v) is 11.0. The molecule has 2 aromatic rings. The summed E-state index contributed by atoms with van der Waals surface area (Å²) in [5.74, 6) is 0.968. The van der Waals surface area contributed by atoms with Crippen molar-refractivity contribution in [3.63, 3.8) is 0 Å². The molecule has 0 fully saturated rings. The number of halogens is 1. The van der Waals surface area contributed by atoms with Crippen molar-refractivity contribution in [2.24, 2.45) is 0 Å². The van der Waals surface area contributed by atoms with E-state index < -0.39 is 5.15 Å². The van der Waals surface area contributed by atoms with Gasteiger partial charge in [0, 0.05) is 25.4 Å². The van der Waals surface area contributed by atoms with Gasteiger partial charge in [-0.05, 0) is 44.0 Å². The quantitative estimate of drug-likeness (QED) is 0.571. The van der Waals surface area contributed by atoms with E-state index in [9.17, 15) is 4.39 Å². The first-order chi connectivity index (χ1) is 13.8. The first kappa shape index (κ1) is 21.8. The van der Waals surface area contributed by atoms with Crippen molar-refractivity contribution in [3.05, 3.63) is 71.8 Å². The van der Waals surface area contributed by atoms with E-state index in [2.05, 4.69) is 76.9 Å². The van der Waals surface area contributed by atoms with Crippen molar-refractivity contribution in [2.45, 2.75) is 44.6 Å². The molecule has 0 saturated carbocycles. The number of aryl methyl sites for hydroxylation is 3. The number of allylic oxidation sites excluding steroid dienone is 1. The molecule has 2 heterocycles. The second-order valence-electron chi connectivity index (χ2n) is 7.28. The maximum absolute atomic E-state index is 14.3. The van der Waals surface area contributed by atoms with Crippen molar-refractivity contribution in [3.8, 4) is 0 Å². The molecule has 5 nitrogen and oxygen atoms in total. The summed E-state index contributed by atoms with van der Waals surface area (Å²) in [5.41, 5.74) is 3.95. The van der Waals surface area contributed by atoms with Gasteiger partial charge in [0.25, 0.3) is 0 Å². The highest BCUT2D eigenvalue weighted by Crippen LogP contribution is 2.40. The predicted molar refractivity (Wildman–Crippen MR) is 125 cm³/mol. The Morgan fingerprint density at radius 3 is 2.69 bits per heavy atom. The molecule has 0 radical (unpaired) electrons. The second-order valence-corrected chi connectivity index (χ2v) is 9.62. The lowest BCUT2D eigenvalue weighted by molar-refractivity contribution is 0.293. The minimum atomic E-state index is -1.54. The van der Waals surface area contributed by atoms with Crippen molar-refractivity contribution >= 4 is 24.3 Å². The van der Waals surface area contributed by atoms with E-state index in [1.165, 1.54) is 5.56 Å². The van der Waals surface area contributed by atoms with E-state index in [1.807, 2.05) is 23.9 Å². The molecular formula is C21H30FN5P2. The number of nitrogens with one attached hydrogen (secondary N) is 2. The summed E-state index contributed by atoms with van der Waals surface area (Å²) < 4.78 is 16.2. The van der Waals surface area contributed by atoms with Crippen molar-refractivity contribution in [2.75, 3.05) is 11.9 Å². The minimum absolute atomic E-state index is 0.0418. The Hall–Kier alpha value is -1.90. The molecule has 0 aliphatic carbocycles. The van der Waals surface area contributed by atoms with Crippen LogP contribution in [0.5, 0.6) is 0 Å². The third-order valence-electron chi connectivity index (χ3n) is 4.98. The smallest absolute Gasteiger partial charge is 0.176 e. The SMILES string of the molecule is C=CNc1cc(C)nn1CCCc1ccc(C2NC(C(F)(P)P)=CN2CC)cc1. The first-order valence-electron chi connectivity index (χ1n) is 9.83. The van der Waals surface area contributed by atoms with Crippen LogP contribution in [0.15, 0.2) is 55.0 Å². The molecule has 3 atom stereocenters. The lowest BCUT2D eigenvalue weighted by Crippen LogP contribution is -2.29. The molecule has 0 bridgehead atoms. The monoisotopic (exact) mass is 433 g/mol. The van der Waals surface area contributed by atoms with Crippen LogP contribution < -0.4 is 10.6 Å². The van der Waals surface area contributed by atoms with Gasteiger partial charge in [0.05, 0.1) is 11.4 Å². The van der Waals surface area contributed by atoms with Gasteiger partial charge in [0.2, 0.25) is 0 Å². The third-order valence-corrected chi connectivity index (χ3v) is 5.60. The summed E-state index contributed by atoms with van der Waals surface area (Å²) in [4.78, 5) is 2.11. The largest absolute Gasteiger partial charge is 0.360 e. The van der Waals surface area contributed by atoms with Crippen LogP contribution in [0.1, 0.15) is 36.3 Å². The fourth-order valence-electron chi connectivity index (χ4n) is 3.50. The molecule has 0 saturated heterocycles. The number of hydrogen-bond acceptors (Lipinski definition) is 4. The van der Waals surface area contributed by atoms with E-state index in [-0.39, 0.29) is 6.17 Å². The van der Waals surface area contributed by atoms with Crippen LogP contribution in [0.3, 0.4) is 0 Å². The molecule has 0 amide bonds. The zero-order valence-electron chi connectivity index (χ0n) is 17.0. The van der Waals surface area contributed by atoms with Gasteiger partial charge in [0.1, 0.15) is 12.0 Å². The maximum Gasteiger partial charge on any atom is 0.176 e. The van der Waals surface area contributed by atoms with Crippen molar-refractivity contribution < 1.29 is 4.39 Å². The average Bonchev–Trinajstić information content (AvgIpc) is 3.26. The fourth-order valence-corrected chi connectivity index (χ4v) is 3.82. The Bertz CT molecular complexity index is 870. The van der Waals surface area contributed by atoms with Crippen LogP contribution >= 0.6 is 18.5 Å². The van der Waals surface area contributed by atoms with E-state index in [4.69, 9.17) is 0 Å². The Morgan fingerprint density at radius 1 is 1.34 bits per heavy atom. The van der Waals surface area contributed by atoms with Crippen LogP contribution in [0.25, 0.3) is 0 Å². The minimum Gasteiger partial charge on any atom is -0.360 e. The average molecular weight is 433 g/mol. The van der Waals surface area contributed by atoms with Crippen molar-refractivity contribution in [1.82, 2.24) is 20.0 Å². The summed E-state index contributed by atoms with van der Waals surface area (Å²) in [5, 5.41) is 9.41. The number of benzene rings is 1. The van der Waals surface area contributed by atoms with Gasteiger partial charge < -0.3 is 15.5 Å². The molecule has 1 aromatic heterocycles. The zero-order chi connectivity index (χ0) is 21.0. The molecule has 8 heteroatoms. The Kier molecular flexibility index (Phi) is 6.97. The van der Waals surface area contributed by atoms with Crippen LogP contribution in [-0.4, -0.2) is 26.4 Å². The molecule has 0 spiro atoms. The predicted octanol–water partition coefficient (Wildman–Crippen LogP) is 4.52. The number of hydrogen-bond donors (Lipinski definition) is 2. The van der Waals surface area contributed by atoms with E-state index in [1.54, 1.807) is 6.20 Å². The van der Waals surface area contributed by atoms with E-state index in [0.717, 1.165) is 43.0 Å². The van der Waals surface area contributed by atoms with Gasteiger partial charge in [-0.25, -0.2) is 9.07 Å². The summed E-state index contributed by atoms with van der Waals surface area (Å²) in [6.07, 6.45) is 5.45. The summed E-state index contributed by atoms with van der Waals surface area (Å²) in [6, 6.07) is 10.6. The molecule has 2 N–H and O–H groups in total. The number of anilines is 1. The molecule has 1 aromatic carbocycles. The number of alkyl halides is 1. The van der Waals surface area contributed by atoms with Gasteiger partial charge in [-0.2, -0.15) is 5.10 Å². The lowest BCUT2D eigenvalue weighted by Gasteiger charge is -2.25. The molecule has 156 valence electrons. The molecule has 3 rings (SSSR count). The number of nitrogens with zero attached hydrogens (tertiary/aromatic N) is 3. The summed E-state index contributed by atoms with van der Waals surface area (Å²) >= 11 is 0. The standard InChI is InChI=1S/C21H30FN5P2/c1-4-23-19-13-15(3)25-27(19)12-6-7-16-8-10-17(11-9-16)20-24-18(21(22,28)29)14-26(20)5-2/h4,8-11,13-14,20,23-24H,1,5-7,12,28-29H2,2-3H3.